The van der Waals surface area contributed by atoms with Crippen LogP contribution in [0.1, 0.15) is 0 Å². The molecule has 0 unspecified atom stereocenters. The Bertz CT molecular complexity index is 756. The topological polar surface area (TPSA) is 57.5 Å². The zero-order valence-corrected chi connectivity index (χ0v) is 10.8. The van der Waals surface area contributed by atoms with Gasteiger partial charge < -0.3 is 9.11 Å². The standard InChI is InChI=1S/C12H7F5O3S/c13-7-8(14)10(16)12(11(17)9(7)15)21(18,19,20)6-4-2-1-3-5-6/h1-5H,(H2,18,19,20). The molecule has 0 amide bonds. The zero-order valence-electron chi connectivity index (χ0n) is 9.99. The van der Waals surface area contributed by atoms with Gasteiger partial charge in [0.25, 0.3) is 0 Å². The predicted octanol–water partition coefficient (Wildman–Crippen LogP) is 3.57. The third kappa shape index (κ3) is 2.23. The summed E-state index contributed by atoms with van der Waals surface area (Å²) < 4.78 is 98.2. The Morgan fingerprint density at radius 2 is 1.10 bits per heavy atom. The molecule has 21 heavy (non-hydrogen) atoms. The molecule has 0 atom stereocenters. The smallest absolute Gasteiger partial charge is 0.200 e. The third-order valence-electron chi connectivity index (χ3n) is 2.71. The van der Waals surface area contributed by atoms with E-state index in [2.05, 4.69) is 0 Å². The Morgan fingerprint density at radius 1 is 0.714 bits per heavy atom. The summed E-state index contributed by atoms with van der Waals surface area (Å²) in [5.74, 6) is -12.5. The first-order valence-corrected chi connectivity index (χ1v) is 7.18. The molecule has 2 rings (SSSR count). The minimum Gasteiger partial charge on any atom is -0.301 e. The Balaban J connectivity index is 2.93. The highest BCUT2D eigenvalue weighted by atomic mass is 32.3. The molecule has 0 aromatic heterocycles. The molecule has 2 aromatic rings. The first kappa shape index (κ1) is 15.5. The quantitative estimate of drug-likeness (QED) is 0.504. The number of rotatable bonds is 2. The molecular formula is C12H7F5O3S. The van der Waals surface area contributed by atoms with E-state index in [1.807, 2.05) is 0 Å². The Kier molecular flexibility index (Phi) is 3.39. The Labute approximate surface area is 115 Å². The van der Waals surface area contributed by atoms with Gasteiger partial charge in [0.2, 0.25) is 5.82 Å². The van der Waals surface area contributed by atoms with Crippen molar-refractivity contribution in [3.05, 3.63) is 59.4 Å². The zero-order chi connectivity index (χ0) is 16.0. The normalized spacial score (nSPS) is 13.8. The minimum atomic E-state index is -6.48. The summed E-state index contributed by atoms with van der Waals surface area (Å²) >= 11 is 0. The second-order valence-electron chi connectivity index (χ2n) is 4.08. The maximum atomic E-state index is 13.6. The molecule has 0 aliphatic rings. The van der Waals surface area contributed by atoms with E-state index in [4.69, 9.17) is 0 Å². The van der Waals surface area contributed by atoms with Crippen LogP contribution in [0.4, 0.5) is 22.0 Å². The van der Waals surface area contributed by atoms with Gasteiger partial charge in [-0.3, -0.25) is 0 Å². The average Bonchev–Trinajstić information content (AvgIpc) is 2.43. The van der Waals surface area contributed by atoms with E-state index in [9.17, 15) is 35.3 Å². The van der Waals surface area contributed by atoms with Crippen molar-refractivity contribution in [2.45, 2.75) is 9.79 Å². The molecule has 0 aliphatic heterocycles. The monoisotopic (exact) mass is 326 g/mol. The van der Waals surface area contributed by atoms with E-state index in [-0.39, 0.29) is 0 Å². The molecular weight excluding hydrogens is 319 g/mol. The summed E-state index contributed by atoms with van der Waals surface area (Å²) in [7, 11) is -6.48. The van der Waals surface area contributed by atoms with E-state index in [0.29, 0.717) is 0 Å². The van der Waals surface area contributed by atoms with Crippen LogP contribution in [0.5, 0.6) is 0 Å². The van der Waals surface area contributed by atoms with Crippen molar-refractivity contribution in [2.24, 2.45) is 0 Å². The molecule has 2 N–H and O–H groups in total. The maximum absolute atomic E-state index is 13.6. The Morgan fingerprint density at radius 3 is 1.52 bits per heavy atom. The van der Waals surface area contributed by atoms with Gasteiger partial charge in [-0.2, -0.15) is 0 Å². The van der Waals surface area contributed by atoms with Crippen molar-refractivity contribution in [1.29, 1.82) is 0 Å². The summed E-state index contributed by atoms with van der Waals surface area (Å²) in [5, 5.41) is 0. The lowest BCUT2D eigenvalue weighted by molar-refractivity contribution is 0.332. The molecule has 2 aromatic carbocycles. The number of benzene rings is 2. The fraction of sp³-hybridized carbons (Fsp3) is 0. The minimum absolute atomic E-state index is 0.812. The van der Waals surface area contributed by atoms with Gasteiger partial charge in [0.1, 0.15) is 14.5 Å². The largest absolute Gasteiger partial charge is 0.301 e. The van der Waals surface area contributed by atoms with Gasteiger partial charge in [-0.25, -0.2) is 26.2 Å². The summed E-state index contributed by atoms with van der Waals surface area (Å²) in [6, 6.07) is 5.26. The second kappa shape index (κ2) is 4.58. The van der Waals surface area contributed by atoms with Crippen molar-refractivity contribution in [3.8, 4) is 0 Å². The van der Waals surface area contributed by atoms with Crippen molar-refractivity contribution in [2.75, 3.05) is 0 Å². The second-order valence-corrected chi connectivity index (χ2v) is 6.69. The van der Waals surface area contributed by atoms with Crippen LogP contribution in [0, 0.1) is 29.1 Å². The molecule has 0 saturated heterocycles. The molecule has 0 aliphatic carbocycles. The van der Waals surface area contributed by atoms with Gasteiger partial charge in [0.05, 0.1) is 4.90 Å². The molecule has 3 nitrogen and oxygen atoms in total. The fourth-order valence-corrected chi connectivity index (χ4v) is 3.40. The van der Waals surface area contributed by atoms with Crippen LogP contribution in [0.25, 0.3) is 0 Å². The third-order valence-corrected chi connectivity index (χ3v) is 4.92. The number of hydrogen-bond donors (Lipinski definition) is 2. The van der Waals surface area contributed by atoms with Crippen LogP contribution in [0.3, 0.4) is 0 Å². The van der Waals surface area contributed by atoms with Crippen LogP contribution in [0.2, 0.25) is 0 Å². The van der Waals surface area contributed by atoms with E-state index in [0.717, 1.165) is 24.3 Å². The molecule has 114 valence electrons. The van der Waals surface area contributed by atoms with Crippen molar-refractivity contribution in [1.82, 2.24) is 0 Å². The van der Waals surface area contributed by atoms with Crippen molar-refractivity contribution < 1.29 is 35.3 Å². The highest BCUT2D eigenvalue weighted by Crippen LogP contribution is 2.42. The van der Waals surface area contributed by atoms with Crippen molar-refractivity contribution in [3.63, 3.8) is 0 Å². The highest BCUT2D eigenvalue weighted by Gasteiger charge is 2.44. The van der Waals surface area contributed by atoms with Gasteiger partial charge in [0, 0.05) is 0 Å². The lowest BCUT2D eigenvalue weighted by atomic mass is 10.3. The molecule has 0 bridgehead atoms. The van der Waals surface area contributed by atoms with Crippen LogP contribution < -0.4 is 0 Å². The van der Waals surface area contributed by atoms with Crippen LogP contribution >= 0.6 is 0 Å². The molecule has 0 radical (unpaired) electrons. The summed E-state index contributed by atoms with van der Waals surface area (Å²) in [4.78, 5) is -3.09. The van der Waals surface area contributed by atoms with Gasteiger partial charge in [-0.15, -0.1) is 0 Å². The lowest BCUT2D eigenvalue weighted by Crippen LogP contribution is -2.35. The molecule has 9 heteroatoms. The van der Waals surface area contributed by atoms with Crippen LogP contribution in [-0.4, -0.2) is 13.3 Å². The Hall–Kier alpha value is -1.84. The van der Waals surface area contributed by atoms with Crippen LogP contribution in [0.15, 0.2) is 40.1 Å². The lowest BCUT2D eigenvalue weighted by Gasteiger charge is -2.31. The van der Waals surface area contributed by atoms with Crippen LogP contribution in [-0.2, 0) is 9.63 Å². The average molecular weight is 326 g/mol. The first-order valence-electron chi connectivity index (χ1n) is 5.30. The highest BCUT2D eigenvalue weighted by molar-refractivity contribution is 8.10. The van der Waals surface area contributed by atoms with Gasteiger partial charge >= 0.3 is 0 Å². The van der Waals surface area contributed by atoms with Gasteiger partial charge in [0.15, 0.2) is 23.3 Å². The van der Waals surface area contributed by atoms with E-state index < -0.39 is 48.5 Å². The number of halogens is 5. The maximum Gasteiger partial charge on any atom is 0.200 e. The predicted molar refractivity (Wildman–Crippen MR) is 62.6 cm³/mol. The van der Waals surface area contributed by atoms with E-state index >= 15 is 0 Å². The summed E-state index contributed by atoms with van der Waals surface area (Å²) in [6.45, 7) is 0. The van der Waals surface area contributed by atoms with Gasteiger partial charge in [-0.1, -0.05) is 18.2 Å². The molecule has 0 saturated carbocycles. The molecule has 0 spiro atoms. The van der Waals surface area contributed by atoms with E-state index in [1.54, 1.807) is 0 Å². The van der Waals surface area contributed by atoms with Gasteiger partial charge in [-0.05, 0) is 12.1 Å². The van der Waals surface area contributed by atoms with E-state index in [1.165, 1.54) is 6.07 Å². The summed E-state index contributed by atoms with van der Waals surface area (Å²) in [6.07, 6.45) is 0. The summed E-state index contributed by atoms with van der Waals surface area (Å²) in [5.41, 5.74) is 0. The molecule has 0 heterocycles. The van der Waals surface area contributed by atoms with Crippen molar-refractivity contribution >= 4 is 9.63 Å². The SMILES string of the molecule is O=S(O)(O)(c1ccccc1)c1c(F)c(F)c(F)c(F)c1F. The number of hydrogen-bond acceptors (Lipinski definition) is 1. The fourth-order valence-electron chi connectivity index (χ4n) is 1.69. The molecule has 0 fully saturated rings. The first-order chi connectivity index (χ1) is 9.56.